The van der Waals surface area contributed by atoms with Crippen LogP contribution in [0.15, 0.2) is 41.7 Å². The van der Waals surface area contributed by atoms with Crippen molar-refractivity contribution in [1.29, 1.82) is 0 Å². The molecular formula is C17H21N3O4. The zero-order valence-electron chi connectivity index (χ0n) is 13.6. The van der Waals surface area contributed by atoms with E-state index in [-0.39, 0.29) is 19.0 Å². The highest BCUT2D eigenvalue weighted by atomic mass is 16.7. The maximum atomic E-state index is 11.4. The van der Waals surface area contributed by atoms with Gasteiger partial charge in [0.25, 0.3) is 0 Å². The Hall–Kier alpha value is -2.67. The molecule has 128 valence electrons. The van der Waals surface area contributed by atoms with Crippen LogP contribution < -0.4 is 10.5 Å². The Morgan fingerprint density at radius 2 is 2.08 bits per heavy atom. The summed E-state index contributed by atoms with van der Waals surface area (Å²) in [5, 5.41) is 4.50. The van der Waals surface area contributed by atoms with E-state index in [1.165, 1.54) is 0 Å². The van der Waals surface area contributed by atoms with Crippen LogP contribution in [-0.2, 0) is 14.4 Å². The van der Waals surface area contributed by atoms with Crippen molar-refractivity contribution in [3.05, 3.63) is 36.5 Å². The number of nitrogens with zero attached hydrogens (tertiary/aromatic N) is 2. The SMILES string of the molecule is CCCCOCC(=O)O/N=C(\N)COc1cccc2cccnc12. The van der Waals surface area contributed by atoms with E-state index < -0.39 is 5.97 Å². The van der Waals surface area contributed by atoms with Gasteiger partial charge in [0, 0.05) is 18.2 Å². The van der Waals surface area contributed by atoms with Crippen molar-refractivity contribution in [3.63, 3.8) is 0 Å². The fraction of sp³-hybridized carbons (Fsp3) is 0.353. The van der Waals surface area contributed by atoms with Crippen molar-refractivity contribution in [2.45, 2.75) is 19.8 Å². The number of carbonyl (C=O) groups is 1. The summed E-state index contributed by atoms with van der Waals surface area (Å²) < 4.78 is 10.7. The fourth-order valence-corrected chi connectivity index (χ4v) is 1.91. The summed E-state index contributed by atoms with van der Waals surface area (Å²) in [4.78, 5) is 20.3. The van der Waals surface area contributed by atoms with Gasteiger partial charge < -0.3 is 20.0 Å². The van der Waals surface area contributed by atoms with Crippen LogP contribution in [0.2, 0.25) is 0 Å². The lowest BCUT2D eigenvalue weighted by Crippen LogP contribution is -2.23. The first-order chi connectivity index (χ1) is 11.7. The molecule has 0 saturated carbocycles. The first-order valence-corrected chi connectivity index (χ1v) is 7.77. The quantitative estimate of drug-likeness (QED) is 0.249. The summed E-state index contributed by atoms with van der Waals surface area (Å²) in [6.45, 7) is 2.39. The van der Waals surface area contributed by atoms with Gasteiger partial charge in [-0.15, -0.1) is 0 Å². The number of hydrogen-bond acceptors (Lipinski definition) is 6. The molecule has 0 fully saturated rings. The highest BCUT2D eigenvalue weighted by molar-refractivity contribution is 5.86. The summed E-state index contributed by atoms with van der Waals surface area (Å²) >= 11 is 0. The predicted octanol–water partition coefficient (Wildman–Crippen LogP) is 2.25. The molecule has 0 aliphatic rings. The molecule has 0 atom stereocenters. The Morgan fingerprint density at radius 3 is 2.92 bits per heavy atom. The number of para-hydroxylation sites is 1. The number of benzene rings is 1. The standard InChI is InChI=1S/C17H21N3O4/c1-2-3-10-22-12-16(21)24-20-15(18)11-23-14-8-4-6-13-7-5-9-19-17(13)14/h4-9H,2-3,10-12H2,1H3,(H2,18,20). The molecule has 0 unspecified atom stereocenters. The van der Waals surface area contributed by atoms with E-state index in [4.69, 9.17) is 15.2 Å². The third-order valence-electron chi connectivity index (χ3n) is 3.10. The van der Waals surface area contributed by atoms with Gasteiger partial charge in [-0.3, -0.25) is 4.98 Å². The van der Waals surface area contributed by atoms with Crippen molar-refractivity contribution in [1.82, 2.24) is 4.98 Å². The number of fused-ring (bicyclic) bond motifs is 1. The van der Waals surface area contributed by atoms with Gasteiger partial charge in [0.05, 0.1) is 0 Å². The van der Waals surface area contributed by atoms with Crippen molar-refractivity contribution in [3.8, 4) is 5.75 Å². The summed E-state index contributed by atoms with van der Waals surface area (Å²) in [5.74, 6) is 0.0335. The topological polar surface area (TPSA) is 96.0 Å². The number of ether oxygens (including phenoxy) is 2. The van der Waals surface area contributed by atoms with Crippen LogP contribution in [0.1, 0.15) is 19.8 Å². The minimum Gasteiger partial charge on any atom is -0.483 e. The van der Waals surface area contributed by atoms with Crippen LogP contribution in [0.3, 0.4) is 0 Å². The fourth-order valence-electron chi connectivity index (χ4n) is 1.91. The highest BCUT2D eigenvalue weighted by Crippen LogP contribution is 2.22. The van der Waals surface area contributed by atoms with E-state index in [1.807, 2.05) is 31.2 Å². The summed E-state index contributed by atoms with van der Waals surface area (Å²) in [6.07, 6.45) is 3.58. The van der Waals surface area contributed by atoms with E-state index in [0.717, 1.165) is 23.7 Å². The van der Waals surface area contributed by atoms with E-state index >= 15 is 0 Å². The minimum atomic E-state index is -0.596. The van der Waals surface area contributed by atoms with Gasteiger partial charge in [0.1, 0.15) is 24.5 Å². The van der Waals surface area contributed by atoms with Gasteiger partial charge in [0.2, 0.25) is 0 Å². The zero-order valence-corrected chi connectivity index (χ0v) is 13.6. The van der Waals surface area contributed by atoms with Gasteiger partial charge in [-0.1, -0.05) is 36.7 Å². The molecule has 2 N–H and O–H groups in total. The normalized spacial score (nSPS) is 11.5. The van der Waals surface area contributed by atoms with Crippen molar-refractivity contribution >= 4 is 22.7 Å². The number of unbranched alkanes of at least 4 members (excludes halogenated alkanes) is 1. The second-order valence-electron chi connectivity index (χ2n) is 5.07. The number of nitrogens with two attached hydrogens (primary N) is 1. The maximum Gasteiger partial charge on any atom is 0.360 e. The van der Waals surface area contributed by atoms with Crippen LogP contribution in [-0.4, -0.2) is 36.6 Å². The Bertz CT molecular complexity index is 698. The molecular weight excluding hydrogens is 310 g/mol. The Kier molecular flexibility index (Phi) is 6.97. The Balaban J connectivity index is 1.81. The lowest BCUT2D eigenvalue weighted by Gasteiger charge is -2.08. The lowest BCUT2D eigenvalue weighted by molar-refractivity contribution is -0.149. The van der Waals surface area contributed by atoms with Crippen LogP contribution in [0.25, 0.3) is 10.9 Å². The van der Waals surface area contributed by atoms with Gasteiger partial charge in [-0.25, -0.2) is 4.79 Å². The molecule has 0 radical (unpaired) electrons. The molecule has 1 aromatic carbocycles. The smallest absolute Gasteiger partial charge is 0.360 e. The number of aromatic nitrogens is 1. The van der Waals surface area contributed by atoms with E-state index in [1.54, 1.807) is 12.3 Å². The van der Waals surface area contributed by atoms with Gasteiger partial charge in [0.15, 0.2) is 5.84 Å². The van der Waals surface area contributed by atoms with Crippen LogP contribution in [0, 0.1) is 0 Å². The average molecular weight is 331 g/mol. The summed E-state index contributed by atoms with van der Waals surface area (Å²) in [6, 6.07) is 9.38. The third kappa shape index (κ3) is 5.51. The van der Waals surface area contributed by atoms with E-state index in [9.17, 15) is 4.79 Å². The molecule has 1 heterocycles. The van der Waals surface area contributed by atoms with Gasteiger partial charge in [-0.2, -0.15) is 0 Å². The average Bonchev–Trinajstić information content (AvgIpc) is 2.61. The molecule has 7 heteroatoms. The van der Waals surface area contributed by atoms with Crippen LogP contribution in [0.5, 0.6) is 5.75 Å². The first kappa shape index (κ1) is 17.7. The monoisotopic (exact) mass is 331 g/mol. The lowest BCUT2D eigenvalue weighted by atomic mass is 10.2. The second kappa shape index (κ2) is 9.46. The van der Waals surface area contributed by atoms with Crippen molar-refractivity contribution < 1.29 is 19.1 Å². The number of amidine groups is 1. The van der Waals surface area contributed by atoms with Crippen LogP contribution in [0.4, 0.5) is 0 Å². The molecule has 0 aliphatic carbocycles. The minimum absolute atomic E-state index is 0.0142. The van der Waals surface area contributed by atoms with E-state index in [0.29, 0.717) is 12.4 Å². The second-order valence-corrected chi connectivity index (χ2v) is 5.07. The molecule has 0 spiro atoms. The number of carbonyl (C=O) groups excluding carboxylic acids is 1. The Labute approximate surface area is 140 Å². The molecule has 0 amide bonds. The number of hydrogen-bond donors (Lipinski definition) is 1. The van der Waals surface area contributed by atoms with E-state index in [2.05, 4.69) is 15.0 Å². The van der Waals surface area contributed by atoms with Gasteiger partial charge in [-0.05, 0) is 18.6 Å². The highest BCUT2D eigenvalue weighted by Gasteiger charge is 2.06. The molecule has 0 bridgehead atoms. The molecule has 1 aromatic heterocycles. The molecule has 24 heavy (non-hydrogen) atoms. The molecule has 7 nitrogen and oxygen atoms in total. The van der Waals surface area contributed by atoms with Crippen LogP contribution >= 0.6 is 0 Å². The zero-order chi connectivity index (χ0) is 17.2. The summed E-state index contributed by atoms with van der Waals surface area (Å²) in [7, 11) is 0. The molecule has 0 aliphatic heterocycles. The maximum absolute atomic E-state index is 11.4. The Morgan fingerprint density at radius 1 is 1.25 bits per heavy atom. The number of oxime groups is 1. The van der Waals surface area contributed by atoms with Crippen molar-refractivity contribution in [2.75, 3.05) is 19.8 Å². The third-order valence-corrected chi connectivity index (χ3v) is 3.10. The molecule has 2 rings (SSSR count). The number of rotatable bonds is 9. The largest absolute Gasteiger partial charge is 0.483 e. The molecule has 2 aromatic rings. The number of pyridine rings is 1. The van der Waals surface area contributed by atoms with Crippen molar-refractivity contribution in [2.24, 2.45) is 10.9 Å². The first-order valence-electron chi connectivity index (χ1n) is 7.77. The predicted molar refractivity (Wildman–Crippen MR) is 90.7 cm³/mol. The molecule has 0 saturated heterocycles. The van der Waals surface area contributed by atoms with Gasteiger partial charge >= 0.3 is 5.97 Å². The summed E-state index contributed by atoms with van der Waals surface area (Å²) in [5.41, 5.74) is 6.41.